The normalized spacial score (nSPS) is 23.2. The molecular weight excluding hydrogens is 572 g/mol. The number of Topliss-reactive ketones (excluding diaryl/α,β-unsaturated/α-hetero) is 1. The van der Waals surface area contributed by atoms with E-state index in [9.17, 15) is 37.1 Å². The molecule has 4 rings (SSSR count). The Labute approximate surface area is 229 Å². The second-order valence-electron chi connectivity index (χ2n) is 10.4. The van der Waals surface area contributed by atoms with Gasteiger partial charge in [0, 0.05) is 6.42 Å². The van der Waals surface area contributed by atoms with Crippen LogP contribution in [0.3, 0.4) is 0 Å². The van der Waals surface area contributed by atoms with E-state index in [1.54, 1.807) is 0 Å². The Morgan fingerprint density at radius 2 is 1.72 bits per heavy atom. The van der Waals surface area contributed by atoms with Gasteiger partial charge in [-0.3, -0.25) is 19.1 Å². The number of benzene rings is 1. The molecular formula is C25H24Cl2F5N3O4. The summed E-state index contributed by atoms with van der Waals surface area (Å²) in [5.41, 5.74) is -5.60. The summed E-state index contributed by atoms with van der Waals surface area (Å²) in [5, 5.41) is 14.8. The average Bonchev–Trinajstić information content (AvgIpc) is 3.40. The second kappa shape index (κ2) is 10.3. The monoisotopic (exact) mass is 595 g/mol. The Morgan fingerprint density at radius 1 is 1.15 bits per heavy atom. The minimum absolute atomic E-state index is 0.0358. The van der Waals surface area contributed by atoms with Crippen molar-refractivity contribution in [1.82, 2.24) is 15.1 Å². The van der Waals surface area contributed by atoms with E-state index in [0.717, 1.165) is 18.3 Å². The number of nitrogens with zero attached hydrogens (tertiary/aromatic N) is 2. The van der Waals surface area contributed by atoms with Crippen molar-refractivity contribution < 1.29 is 41.4 Å². The molecule has 0 aliphatic heterocycles. The quantitative estimate of drug-likeness (QED) is 0.270. The molecule has 1 amide bonds. The van der Waals surface area contributed by atoms with E-state index in [0.29, 0.717) is 4.68 Å². The number of carbonyl (C=O) groups is 3. The van der Waals surface area contributed by atoms with Gasteiger partial charge in [0.1, 0.15) is 11.5 Å². The third-order valence-electron chi connectivity index (χ3n) is 7.56. The minimum atomic E-state index is -5.01. The molecule has 1 heterocycles. The Morgan fingerprint density at radius 3 is 2.21 bits per heavy atom. The molecule has 1 unspecified atom stereocenters. The Hall–Kier alpha value is -2.73. The number of rotatable bonds is 8. The van der Waals surface area contributed by atoms with Gasteiger partial charge in [-0.1, -0.05) is 23.2 Å². The molecule has 1 aromatic heterocycles. The van der Waals surface area contributed by atoms with E-state index in [1.807, 2.05) is 0 Å². The van der Waals surface area contributed by atoms with Gasteiger partial charge in [-0.25, -0.2) is 8.78 Å². The molecule has 2 aliphatic rings. The van der Waals surface area contributed by atoms with Crippen LogP contribution >= 0.6 is 23.2 Å². The lowest BCUT2D eigenvalue weighted by Gasteiger charge is -2.34. The Balaban J connectivity index is 1.58. The SMILES string of the molecule is CC1(C(=O)O)CCC(n2ncc(C(=O)NC(CC(=O)c3c(Cl)cc(F)cc3Cl)C3(F)CC3)c2C(F)(F)F)CC1. The summed E-state index contributed by atoms with van der Waals surface area (Å²) < 4.78 is 71.8. The molecule has 39 heavy (non-hydrogen) atoms. The molecule has 2 aromatic rings. The standard InChI is InChI=1S/C25H24Cl2F5N3O4/c1-23(22(38)39)4-2-13(3-5-23)35-20(25(30,31)32)14(11-33-35)21(37)34-18(24(29)6-7-24)10-17(36)19-15(26)8-12(28)9-16(19)27/h8-9,11,13,18H,2-7,10H2,1H3,(H,34,37)(H,38,39). The first-order chi connectivity index (χ1) is 18.1. The predicted molar refractivity (Wildman–Crippen MR) is 130 cm³/mol. The van der Waals surface area contributed by atoms with Gasteiger partial charge < -0.3 is 10.4 Å². The van der Waals surface area contributed by atoms with E-state index in [1.165, 1.54) is 6.92 Å². The molecule has 0 spiro atoms. The van der Waals surface area contributed by atoms with Gasteiger partial charge in [0.05, 0.1) is 44.9 Å². The van der Waals surface area contributed by atoms with Crippen LogP contribution < -0.4 is 5.32 Å². The highest BCUT2D eigenvalue weighted by molar-refractivity contribution is 6.39. The van der Waals surface area contributed by atoms with E-state index in [2.05, 4.69) is 10.4 Å². The van der Waals surface area contributed by atoms with Gasteiger partial charge >= 0.3 is 12.1 Å². The molecule has 0 bridgehead atoms. The van der Waals surface area contributed by atoms with Gasteiger partial charge in [-0.15, -0.1) is 0 Å². The van der Waals surface area contributed by atoms with Crippen molar-refractivity contribution in [3.63, 3.8) is 0 Å². The van der Waals surface area contributed by atoms with Crippen LogP contribution in [0.15, 0.2) is 18.3 Å². The van der Waals surface area contributed by atoms with Crippen molar-refractivity contribution in [2.75, 3.05) is 0 Å². The number of hydrogen-bond acceptors (Lipinski definition) is 4. The summed E-state index contributed by atoms with van der Waals surface area (Å²) in [6, 6.07) is -0.632. The number of carboxylic acid groups (broad SMARTS) is 1. The maximum atomic E-state index is 15.2. The van der Waals surface area contributed by atoms with Crippen molar-refractivity contribution >= 4 is 40.9 Å². The molecule has 2 aliphatic carbocycles. The largest absolute Gasteiger partial charge is 0.481 e. The average molecular weight is 596 g/mol. The number of aliphatic carboxylic acids is 1. The van der Waals surface area contributed by atoms with Crippen LogP contribution in [0.2, 0.25) is 10.0 Å². The van der Waals surface area contributed by atoms with Crippen molar-refractivity contribution in [3.8, 4) is 0 Å². The molecule has 7 nitrogen and oxygen atoms in total. The van der Waals surface area contributed by atoms with Gasteiger partial charge in [-0.2, -0.15) is 18.3 Å². The number of alkyl halides is 4. The predicted octanol–water partition coefficient (Wildman–Crippen LogP) is 6.43. The van der Waals surface area contributed by atoms with Crippen LogP contribution in [0.5, 0.6) is 0 Å². The number of carbonyl (C=O) groups excluding carboxylic acids is 2. The lowest BCUT2D eigenvalue weighted by Crippen LogP contribution is -2.44. The van der Waals surface area contributed by atoms with Gasteiger partial charge in [0.25, 0.3) is 5.91 Å². The maximum Gasteiger partial charge on any atom is 0.433 e. The number of carboxylic acids is 1. The third kappa shape index (κ3) is 5.91. The van der Waals surface area contributed by atoms with E-state index in [4.69, 9.17) is 23.2 Å². The van der Waals surface area contributed by atoms with E-state index >= 15 is 4.39 Å². The Kier molecular flexibility index (Phi) is 7.76. The van der Waals surface area contributed by atoms with Crippen LogP contribution in [0, 0.1) is 11.2 Å². The van der Waals surface area contributed by atoms with Crippen LogP contribution in [0.25, 0.3) is 0 Å². The molecule has 0 radical (unpaired) electrons. The van der Waals surface area contributed by atoms with Gasteiger partial charge in [0.15, 0.2) is 11.5 Å². The molecule has 14 heteroatoms. The van der Waals surface area contributed by atoms with Gasteiger partial charge in [-0.05, 0) is 57.6 Å². The second-order valence-corrected chi connectivity index (χ2v) is 11.2. The summed E-state index contributed by atoms with van der Waals surface area (Å²) in [4.78, 5) is 37.5. The van der Waals surface area contributed by atoms with Crippen molar-refractivity contribution in [1.29, 1.82) is 0 Å². The number of hydrogen-bond donors (Lipinski definition) is 2. The molecule has 0 saturated heterocycles. The lowest BCUT2D eigenvalue weighted by atomic mass is 9.74. The first kappa shape index (κ1) is 29.3. The summed E-state index contributed by atoms with van der Waals surface area (Å²) in [6.45, 7) is 1.52. The number of amides is 1. The summed E-state index contributed by atoms with van der Waals surface area (Å²) >= 11 is 11.9. The molecule has 2 fully saturated rings. The smallest absolute Gasteiger partial charge is 0.433 e. The fraction of sp³-hybridized carbons (Fsp3) is 0.520. The topological polar surface area (TPSA) is 101 Å². The molecule has 212 valence electrons. The fourth-order valence-corrected chi connectivity index (χ4v) is 5.62. The zero-order chi connectivity index (χ0) is 28.9. The number of halogens is 7. The third-order valence-corrected chi connectivity index (χ3v) is 8.16. The van der Waals surface area contributed by atoms with Gasteiger partial charge in [0.2, 0.25) is 0 Å². The molecule has 2 N–H and O–H groups in total. The molecule has 1 atom stereocenters. The zero-order valence-corrected chi connectivity index (χ0v) is 22.1. The van der Waals surface area contributed by atoms with E-state index < -0.39 is 70.5 Å². The van der Waals surface area contributed by atoms with Crippen molar-refractivity contribution in [3.05, 3.63) is 51.0 Å². The minimum Gasteiger partial charge on any atom is -0.481 e. The first-order valence-corrected chi connectivity index (χ1v) is 12.9. The lowest BCUT2D eigenvalue weighted by molar-refractivity contribution is -0.152. The summed E-state index contributed by atoms with van der Waals surface area (Å²) in [6.07, 6.45) is -4.60. The van der Waals surface area contributed by atoms with Crippen LogP contribution in [-0.4, -0.2) is 44.3 Å². The number of nitrogens with one attached hydrogen (secondary N) is 1. The van der Waals surface area contributed by atoms with Crippen LogP contribution in [0.1, 0.15) is 84.3 Å². The zero-order valence-electron chi connectivity index (χ0n) is 20.5. The highest BCUT2D eigenvalue weighted by atomic mass is 35.5. The van der Waals surface area contributed by atoms with Crippen molar-refractivity contribution in [2.45, 2.75) is 75.8 Å². The van der Waals surface area contributed by atoms with Crippen LogP contribution in [0.4, 0.5) is 22.0 Å². The molecule has 1 aromatic carbocycles. The first-order valence-electron chi connectivity index (χ1n) is 12.1. The van der Waals surface area contributed by atoms with E-state index in [-0.39, 0.29) is 54.1 Å². The summed E-state index contributed by atoms with van der Waals surface area (Å²) in [7, 11) is 0. The van der Waals surface area contributed by atoms with Crippen molar-refractivity contribution in [2.24, 2.45) is 5.41 Å². The molecule has 2 saturated carbocycles. The maximum absolute atomic E-state index is 15.2. The Bertz CT molecular complexity index is 1290. The summed E-state index contributed by atoms with van der Waals surface area (Å²) in [5.74, 6) is -3.95. The highest BCUT2D eigenvalue weighted by Gasteiger charge is 2.52. The number of aromatic nitrogens is 2. The number of ketones is 1. The van der Waals surface area contributed by atoms with Crippen LogP contribution in [-0.2, 0) is 11.0 Å². The fourth-order valence-electron chi connectivity index (χ4n) is 4.95. The highest BCUT2D eigenvalue weighted by Crippen LogP contribution is 2.46.